The average molecular weight is 106 g/mol. The maximum atomic E-state index is 4.50. The molecule has 0 spiro atoms. The molecule has 3 nitrogen and oxygen atoms in total. The Labute approximate surface area is 43.2 Å². The topological polar surface area (TPSA) is 27.7 Å². The summed E-state index contributed by atoms with van der Waals surface area (Å²) in [6, 6.07) is 0. The Hall–Kier alpha value is -0.120. The lowest BCUT2D eigenvalue weighted by Gasteiger charge is -2.10. The van der Waals surface area contributed by atoms with Gasteiger partial charge in [-0.15, -0.1) is 0 Å². The highest BCUT2D eigenvalue weighted by Gasteiger charge is 1.93. The molecule has 0 saturated carbocycles. The molecule has 0 radical (unpaired) electrons. The summed E-state index contributed by atoms with van der Waals surface area (Å²) in [5.41, 5.74) is 0. The lowest BCUT2D eigenvalue weighted by molar-refractivity contribution is -0.247. The molecule has 0 bridgehead atoms. The molecule has 0 unspecified atom stereocenters. The van der Waals surface area contributed by atoms with Gasteiger partial charge in [-0.1, -0.05) is 0 Å². The van der Waals surface area contributed by atoms with Crippen molar-refractivity contribution in [1.82, 2.24) is 0 Å². The Bertz CT molecular complexity index is 22.1. The molecule has 1 rings (SSSR count). The molecule has 0 atom stereocenters. The molecule has 1 heterocycles. The van der Waals surface area contributed by atoms with E-state index in [2.05, 4.69) is 14.2 Å². The van der Waals surface area contributed by atoms with Gasteiger partial charge in [0.1, 0.15) is 0 Å². The molecular weight excluding hydrogens is 96.0 g/mol. The summed E-state index contributed by atoms with van der Waals surface area (Å²) in [6.45, 7) is 1.00. The van der Waals surface area contributed by atoms with E-state index in [1.807, 2.05) is 0 Å². The van der Waals surface area contributed by atoms with Crippen LogP contribution in [-0.4, -0.2) is 27.8 Å². The number of methoxy groups -OCH3 is 1. The van der Waals surface area contributed by atoms with Crippen molar-refractivity contribution >= 4 is 0 Å². The summed E-state index contributed by atoms with van der Waals surface area (Å²) >= 11 is 0. The number of hydrogen-bond acceptors (Lipinski definition) is 3. The zero-order valence-corrected chi connectivity index (χ0v) is 4.64. The monoisotopic (exact) mass is 106 g/mol. The minimum atomic E-state index is 0.500. The van der Waals surface area contributed by atoms with Gasteiger partial charge in [0.2, 0.25) is 0 Å². The van der Waals surface area contributed by atoms with E-state index >= 15 is 0 Å². The highest BCUT2D eigenvalue weighted by atomic mass is 16.8. The predicted molar refractivity (Wildman–Crippen MR) is 24.8 cm³/mol. The van der Waals surface area contributed by atoms with Crippen molar-refractivity contribution in [2.75, 3.05) is 27.8 Å². The van der Waals surface area contributed by atoms with E-state index < -0.39 is 0 Å². The van der Waals surface area contributed by atoms with Gasteiger partial charge in [0.25, 0.3) is 0 Å². The van der Waals surface area contributed by atoms with E-state index in [0.717, 1.165) is 0 Å². The van der Waals surface area contributed by atoms with Gasteiger partial charge in [0.15, 0.2) is 13.6 Å². The molecule has 0 aliphatic carbocycles. The quantitative estimate of drug-likeness (QED) is 0.442. The third-order valence-electron chi connectivity index (χ3n) is 0.333. The summed E-state index contributed by atoms with van der Waals surface area (Å²) in [5.74, 6) is 0. The molecule has 1 saturated heterocycles. The Balaban J connectivity index is 0.000000110. The van der Waals surface area contributed by atoms with Crippen LogP contribution in [0.5, 0.6) is 0 Å². The smallest absolute Gasteiger partial charge is 0.152 e. The molecule has 0 aromatic heterocycles. The largest absolute Gasteiger partial charge is 0.388 e. The normalized spacial score (nSPS) is 16.3. The third-order valence-corrected chi connectivity index (χ3v) is 0.333. The molecule has 1 aliphatic rings. The van der Waals surface area contributed by atoms with E-state index in [1.165, 1.54) is 0 Å². The second-order valence-corrected chi connectivity index (χ2v) is 1.05. The van der Waals surface area contributed by atoms with Crippen molar-refractivity contribution in [3.8, 4) is 0 Å². The minimum Gasteiger partial charge on any atom is -0.388 e. The highest BCUT2D eigenvalue weighted by Crippen LogP contribution is 1.87. The lowest BCUT2D eigenvalue weighted by atomic mass is 11.2. The maximum Gasteiger partial charge on any atom is 0.152 e. The van der Waals surface area contributed by atoms with Gasteiger partial charge in [-0.3, -0.25) is 0 Å². The maximum absolute atomic E-state index is 4.50. The van der Waals surface area contributed by atoms with Crippen LogP contribution in [0.4, 0.5) is 0 Å². The van der Waals surface area contributed by atoms with Crippen molar-refractivity contribution < 1.29 is 14.2 Å². The Kier molecular flexibility index (Phi) is 5.78. The van der Waals surface area contributed by atoms with Crippen LogP contribution in [0.1, 0.15) is 0 Å². The molecule has 0 amide bonds. The Morgan fingerprint density at radius 3 is 1.29 bits per heavy atom. The molecule has 3 heteroatoms. The fourth-order valence-electron chi connectivity index (χ4n) is 0.0833. The number of hydrogen-bond donors (Lipinski definition) is 0. The van der Waals surface area contributed by atoms with Crippen molar-refractivity contribution in [2.24, 2.45) is 0 Å². The Morgan fingerprint density at radius 2 is 1.29 bits per heavy atom. The van der Waals surface area contributed by atoms with Crippen LogP contribution in [-0.2, 0) is 14.2 Å². The van der Waals surface area contributed by atoms with E-state index in [4.69, 9.17) is 0 Å². The first-order valence-corrected chi connectivity index (χ1v) is 1.97. The van der Waals surface area contributed by atoms with E-state index in [1.54, 1.807) is 14.2 Å². The fourth-order valence-corrected chi connectivity index (χ4v) is 0.0833. The summed E-state index contributed by atoms with van der Waals surface area (Å²) in [7, 11) is 3.25. The van der Waals surface area contributed by atoms with Crippen molar-refractivity contribution in [3.05, 3.63) is 0 Å². The van der Waals surface area contributed by atoms with E-state index in [9.17, 15) is 0 Å². The fraction of sp³-hybridized carbons (Fsp3) is 1.00. The zero-order chi connectivity index (χ0) is 5.54. The number of rotatable bonds is 0. The van der Waals surface area contributed by atoms with Crippen LogP contribution in [0.2, 0.25) is 0 Å². The molecule has 0 aromatic rings. The van der Waals surface area contributed by atoms with E-state index in [0.29, 0.717) is 13.6 Å². The van der Waals surface area contributed by atoms with E-state index in [-0.39, 0.29) is 0 Å². The molecule has 1 aliphatic heterocycles. The van der Waals surface area contributed by atoms with Gasteiger partial charge in [-0.2, -0.15) is 0 Å². The summed E-state index contributed by atoms with van der Waals surface area (Å²) in [4.78, 5) is 0. The van der Waals surface area contributed by atoms with Crippen LogP contribution in [0.3, 0.4) is 0 Å². The molecule has 0 N–H and O–H groups in total. The van der Waals surface area contributed by atoms with Gasteiger partial charge >= 0.3 is 0 Å². The summed E-state index contributed by atoms with van der Waals surface area (Å²) < 4.78 is 13.2. The van der Waals surface area contributed by atoms with Crippen molar-refractivity contribution in [1.29, 1.82) is 0 Å². The third kappa shape index (κ3) is 5.88. The van der Waals surface area contributed by atoms with Crippen molar-refractivity contribution in [2.45, 2.75) is 0 Å². The second kappa shape index (κ2) is 5.88. The van der Waals surface area contributed by atoms with Crippen LogP contribution in [0, 0.1) is 0 Å². The highest BCUT2D eigenvalue weighted by molar-refractivity contribution is 4.09. The predicted octanol–water partition coefficient (Wildman–Crippen LogP) is 0.211. The molecule has 0 aromatic carbocycles. The van der Waals surface area contributed by atoms with Gasteiger partial charge in [-0.05, 0) is 0 Å². The Morgan fingerprint density at radius 1 is 1.14 bits per heavy atom. The zero-order valence-electron chi connectivity index (χ0n) is 4.64. The van der Waals surface area contributed by atoms with Crippen molar-refractivity contribution in [3.63, 3.8) is 0 Å². The first-order chi connectivity index (χ1) is 3.41. The lowest BCUT2D eigenvalue weighted by Crippen LogP contribution is -2.14. The molecule has 1 fully saturated rings. The number of ether oxygens (including phenoxy) is 3. The summed E-state index contributed by atoms with van der Waals surface area (Å²) in [6.07, 6.45) is 0. The molecular formula is C4H10O3. The molecule has 44 valence electrons. The van der Waals surface area contributed by atoms with Gasteiger partial charge in [-0.25, -0.2) is 0 Å². The van der Waals surface area contributed by atoms with Crippen LogP contribution in [0.15, 0.2) is 0 Å². The van der Waals surface area contributed by atoms with Gasteiger partial charge in [0, 0.05) is 14.2 Å². The van der Waals surface area contributed by atoms with Crippen LogP contribution >= 0.6 is 0 Å². The van der Waals surface area contributed by atoms with Crippen LogP contribution in [0.25, 0.3) is 0 Å². The first kappa shape index (κ1) is 6.88. The minimum absolute atomic E-state index is 0.500. The van der Waals surface area contributed by atoms with Gasteiger partial charge in [0.05, 0.1) is 0 Å². The first-order valence-electron chi connectivity index (χ1n) is 1.97. The van der Waals surface area contributed by atoms with Gasteiger partial charge < -0.3 is 14.2 Å². The SMILES string of the molecule is C1OCO1.COC. The standard InChI is InChI=1S/C2H4O2.C2H6O/c1-3-2-4-1;1-3-2/h1-2H2;1-2H3. The summed E-state index contributed by atoms with van der Waals surface area (Å²) in [5, 5.41) is 0. The van der Waals surface area contributed by atoms with Crippen LogP contribution < -0.4 is 0 Å². The average Bonchev–Trinajstić information content (AvgIpc) is 1.27. The molecule has 7 heavy (non-hydrogen) atoms. The second-order valence-electron chi connectivity index (χ2n) is 1.05.